The molecule has 0 atom stereocenters. The van der Waals surface area contributed by atoms with Crippen LogP contribution in [-0.2, 0) is 4.74 Å². The van der Waals surface area contributed by atoms with Crippen LogP contribution in [-0.4, -0.2) is 33.5 Å². The summed E-state index contributed by atoms with van der Waals surface area (Å²) >= 11 is 0. The van der Waals surface area contributed by atoms with Crippen molar-refractivity contribution in [1.82, 2.24) is 0 Å². The molecule has 0 aliphatic heterocycles. The van der Waals surface area contributed by atoms with Gasteiger partial charge in [0.15, 0.2) is 11.5 Å². The third kappa shape index (κ3) is 5.95. The first-order valence-corrected chi connectivity index (χ1v) is 9.09. The molecule has 26 heavy (non-hydrogen) atoms. The first kappa shape index (κ1) is 20.1. The smallest absolute Gasteiger partial charge is 0.161 e. The molecule has 4 heteroatoms. The van der Waals surface area contributed by atoms with Crippen LogP contribution in [0, 0.1) is 13.8 Å². The fraction of sp³-hybridized carbons (Fsp3) is 0.455. The zero-order valence-corrected chi connectivity index (χ0v) is 16.5. The molecule has 0 radical (unpaired) electrons. The summed E-state index contributed by atoms with van der Waals surface area (Å²) in [6.45, 7) is 10.5. The van der Waals surface area contributed by atoms with Gasteiger partial charge in [0.1, 0.15) is 19.0 Å². The zero-order valence-electron chi connectivity index (χ0n) is 16.5. The Morgan fingerprint density at radius 3 is 1.92 bits per heavy atom. The maximum absolute atomic E-state index is 5.91. The van der Waals surface area contributed by atoms with E-state index in [1.807, 2.05) is 25.1 Å². The standard InChI is InChI=1S/C22H30O4/c1-16(2)19-8-6-17(3)14-21(19)26-13-11-24-10-12-25-20-9-7-18(4)15-22(20)23-5/h6-9,14-16H,10-13H2,1-5H3. The summed E-state index contributed by atoms with van der Waals surface area (Å²) in [5.74, 6) is 2.86. The average Bonchev–Trinajstić information content (AvgIpc) is 2.61. The molecule has 0 aliphatic rings. The van der Waals surface area contributed by atoms with Gasteiger partial charge in [0.2, 0.25) is 0 Å². The Morgan fingerprint density at radius 1 is 0.731 bits per heavy atom. The maximum atomic E-state index is 5.91. The van der Waals surface area contributed by atoms with Crippen molar-refractivity contribution in [2.45, 2.75) is 33.6 Å². The molecule has 2 rings (SSSR count). The highest BCUT2D eigenvalue weighted by atomic mass is 16.6. The van der Waals surface area contributed by atoms with Gasteiger partial charge in [-0.15, -0.1) is 0 Å². The van der Waals surface area contributed by atoms with Crippen LogP contribution in [0.1, 0.15) is 36.5 Å². The minimum Gasteiger partial charge on any atom is -0.493 e. The summed E-state index contributed by atoms with van der Waals surface area (Å²) in [5.41, 5.74) is 3.57. The second-order valence-electron chi connectivity index (χ2n) is 6.66. The van der Waals surface area contributed by atoms with E-state index in [1.165, 1.54) is 11.1 Å². The first-order valence-electron chi connectivity index (χ1n) is 9.09. The number of hydrogen-bond acceptors (Lipinski definition) is 4. The largest absolute Gasteiger partial charge is 0.493 e. The van der Waals surface area contributed by atoms with E-state index in [9.17, 15) is 0 Å². The molecule has 0 spiro atoms. The molecule has 0 N–H and O–H groups in total. The van der Waals surface area contributed by atoms with Gasteiger partial charge in [-0.05, 0) is 54.7 Å². The molecule has 2 aromatic rings. The molecule has 0 bridgehead atoms. The maximum Gasteiger partial charge on any atom is 0.161 e. The van der Waals surface area contributed by atoms with Crippen LogP contribution >= 0.6 is 0 Å². The Bertz CT molecular complexity index is 695. The topological polar surface area (TPSA) is 36.9 Å². The van der Waals surface area contributed by atoms with Crippen molar-refractivity contribution in [2.24, 2.45) is 0 Å². The molecule has 0 aliphatic carbocycles. The molecular weight excluding hydrogens is 328 g/mol. The molecule has 0 amide bonds. The minimum atomic E-state index is 0.435. The van der Waals surface area contributed by atoms with Crippen molar-refractivity contribution in [1.29, 1.82) is 0 Å². The van der Waals surface area contributed by atoms with Crippen LogP contribution < -0.4 is 14.2 Å². The van der Waals surface area contributed by atoms with Crippen molar-refractivity contribution in [3.63, 3.8) is 0 Å². The summed E-state index contributed by atoms with van der Waals surface area (Å²) in [5, 5.41) is 0. The summed E-state index contributed by atoms with van der Waals surface area (Å²) in [4.78, 5) is 0. The van der Waals surface area contributed by atoms with Gasteiger partial charge in [-0.1, -0.05) is 32.0 Å². The zero-order chi connectivity index (χ0) is 18.9. The third-order valence-corrected chi connectivity index (χ3v) is 4.08. The highest BCUT2D eigenvalue weighted by molar-refractivity contribution is 5.42. The van der Waals surface area contributed by atoms with E-state index in [0.717, 1.165) is 22.8 Å². The summed E-state index contributed by atoms with van der Waals surface area (Å²) < 4.78 is 22.6. The minimum absolute atomic E-state index is 0.435. The monoisotopic (exact) mass is 358 g/mol. The quantitative estimate of drug-likeness (QED) is 0.566. The molecule has 0 fully saturated rings. The molecular formula is C22H30O4. The molecule has 0 unspecified atom stereocenters. The van der Waals surface area contributed by atoms with Crippen LogP contribution in [0.3, 0.4) is 0 Å². The van der Waals surface area contributed by atoms with Gasteiger partial charge in [0, 0.05) is 0 Å². The van der Waals surface area contributed by atoms with Crippen molar-refractivity contribution >= 4 is 0 Å². The van der Waals surface area contributed by atoms with Gasteiger partial charge >= 0.3 is 0 Å². The van der Waals surface area contributed by atoms with Gasteiger partial charge in [-0.25, -0.2) is 0 Å². The molecule has 0 aromatic heterocycles. The van der Waals surface area contributed by atoms with E-state index in [2.05, 4.69) is 39.0 Å². The second-order valence-corrected chi connectivity index (χ2v) is 6.66. The van der Waals surface area contributed by atoms with Crippen LogP contribution in [0.4, 0.5) is 0 Å². The SMILES string of the molecule is COc1cc(C)ccc1OCCOCCOc1cc(C)ccc1C(C)C. The van der Waals surface area contributed by atoms with Crippen molar-refractivity contribution in [2.75, 3.05) is 33.5 Å². The van der Waals surface area contributed by atoms with Crippen LogP contribution in [0.5, 0.6) is 17.2 Å². The number of hydrogen-bond donors (Lipinski definition) is 0. The van der Waals surface area contributed by atoms with Crippen LogP contribution in [0.25, 0.3) is 0 Å². The Labute approximate surface area is 157 Å². The molecule has 0 heterocycles. The lowest BCUT2D eigenvalue weighted by Crippen LogP contribution is -2.13. The van der Waals surface area contributed by atoms with Gasteiger partial charge in [-0.2, -0.15) is 0 Å². The highest BCUT2D eigenvalue weighted by Crippen LogP contribution is 2.28. The fourth-order valence-corrected chi connectivity index (χ4v) is 2.66. The van der Waals surface area contributed by atoms with E-state index in [1.54, 1.807) is 7.11 Å². The van der Waals surface area contributed by atoms with Gasteiger partial charge in [0.05, 0.1) is 20.3 Å². The average molecular weight is 358 g/mol. The van der Waals surface area contributed by atoms with Crippen molar-refractivity contribution < 1.29 is 18.9 Å². The summed E-state index contributed by atoms with van der Waals surface area (Å²) in [6.07, 6.45) is 0. The van der Waals surface area contributed by atoms with Crippen molar-refractivity contribution in [3.05, 3.63) is 53.1 Å². The fourth-order valence-electron chi connectivity index (χ4n) is 2.66. The van der Waals surface area contributed by atoms with Gasteiger partial charge in [0.25, 0.3) is 0 Å². The second kappa shape index (κ2) is 10.1. The summed E-state index contributed by atoms with van der Waals surface area (Å²) in [7, 11) is 1.65. The number of benzene rings is 2. The first-order chi connectivity index (χ1) is 12.5. The van der Waals surface area contributed by atoms with E-state index in [4.69, 9.17) is 18.9 Å². The number of rotatable bonds is 10. The van der Waals surface area contributed by atoms with Crippen LogP contribution in [0.15, 0.2) is 36.4 Å². The Morgan fingerprint density at radius 2 is 1.31 bits per heavy atom. The van der Waals surface area contributed by atoms with E-state index in [-0.39, 0.29) is 0 Å². The van der Waals surface area contributed by atoms with E-state index < -0.39 is 0 Å². The highest BCUT2D eigenvalue weighted by Gasteiger charge is 2.08. The lowest BCUT2D eigenvalue weighted by molar-refractivity contribution is 0.0754. The molecule has 4 nitrogen and oxygen atoms in total. The Hall–Kier alpha value is -2.20. The number of methoxy groups -OCH3 is 1. The Kier molecular flexibility index (Phi) is 7.79. The molecule has 0 saturated carbocycles. The number of aryl methyl sites for hydroxylation is 2. The lowest BCUT2D eigenvalue weighted by Gasteiger charge is -2.15. The molecule has 142 valence electrons. The normalized spacial score (nSPS) is 10.8. The number of ether oxygens (including phenoxy) is 4. The van der Waals surface area contributed by atoms with Gasteiger partial charge < -0.3 is 18.9 Å². The Balaban J connectivity index is 1.70. The van der Waals surface area contributed by atoms with E-state index >= 15 is 0 Å². The molecule has 2 aromatic carbocycles. The van der Waals surface area contributed by atoms with Crippen LogP contribution in [0.2, 0.25) is 0 Å². The third-order valence-electron chi connectivity index (χ3n) is 4.08. The van der Waals surface area contributed by atoms with Gasteiger partial charge in [-0.3, -0.25) is 0 Å². The van der Waals surface area contributed by atoms with E-state index in [0.29, 0.717) is 32.3 Å². The summed E-state index contributed by atoms with van der Waals surface area (Å²) in [6, 6.07) is 12.2. The molecule has 0 saturated heterocycles. The predicted octanol–water partition coefficient (Wildman–Crippen LogP) is 4.91. The predicted molar refractivity (Wildman–Crippen MR) is 105 cm³/mol. The lowest BCUT2D eigenvalue weighted by atomic mass is 10.0. The van der Waals surface area contributed by atoms with Crippen molar-refractivity contribution in [3.8, 4) is 17.2 Å².